The van der Waals surface area contributed by atoms with E-state index in [0.717, 1.165) is 0 Å². The van der Waals surface area contributed by atoms with Crippen molar-refractivity contribution >= 4 is 28.8 Å². The van der Waals surface area contributed by atoms with Crippen molar-refractivity contribution < 1.29 is 18.7 Å². The number of fused-ring (bicyclic) bond motifs is 1. The third kappa shape index (κ3) is 3.78. The molecule has 1 fully saturated rings. The zero-order valence-corrected chi connectivity index (χ0v) is 16.7. The first kappa shape index (κ1) is 19.6. The number of aliphatic imine (C=N–C) groups is 1. The lowest BCUT2D eigenvalue weighted by atomic mass is 9.94. The summed E-state index contributed by atoms with van der Waals surface area (Å²) in [6.45, 7) is 7.82. The molecule has 1 aromatic carbocycles. The summed E-state index contributed by atoms with van der Waals surface area (Å²) >= 11 is 1.39. The van der Waals surface area contributed by atoms with Gasteiger partial charge in [-0.05, 0) is 37.0 Å². The van der Waals surface area contributed by atoms with Crippen LogP contribution in [-0.4, -0.2) is 33.8 Å². The molecule has 2 heterocycles. The largest absolute Gasteiger partial charge is 0.462 e. The summed E-state index contributed by atoms with van der Waals surface area (Å²) < 4.78 is 19.3. The number of ether oxygens (including phenoxy) is 1. The van der Waals surface area contributed by atoms with Crippen molar-refractivity contribution in [1.82, 2.24) is 4.90 Å². The van der Waals surface area contributed by atoms with E-state index in [1.54, 1.807) is 19.1 Å². The molecule has 144 valence electrons. The minimum absolute atomic E-state index is 0.114. The molecule has 27 heavy (non-hydrogen) atoms. The summed E-state index contributed by atoms with van der Waals surface area (Å²) in [4.78, 5) is 31.8. The van der Waals surface area contributed by atoms with E-state index in [4.69, 9.17) is 4.74 Å². The van der Waals surface area contributed by atoms with E-state index in [1.807, 2.05) is 20.8 Å². The molecule has 7 heteroatoms. The van der Waals surface area contributed by atoms with Gasteiger partial charge in [0.25, 0.3) is 0 Å². The molecule has 1 amide bonds. The first-order valence-corrected chi connectivity index (χ1v) is 9.93. The quantitative estimate of drug-likeness (QED) is 0.712. The van der Waals surface area contributed by atoms with Gasteiger partial charge in [0.1, 0.15) is 5.82 Å². The molecule has 0 aromatic heterocycles. The molecule has 2 aliphatic heterocycles. The Morgan fingerprint density at radius 2 is 2.15 bits per heavy atom. The van der Waals surface area contributed by atoms with Gasteiger partial charge < -0.3 is 4.74 Å². The van der Waals surface area contributed by atoms with E-state index >= 15 is 0 Å². The zero-order chi connectivity index (χ0) is 19.7. The van der Waals surface area contributed by atoms with Crippen LogP contribution in [0.5, 0.6) is 0 Å². The molecule has 1 saturated heterocycles. The Balaban J connectivity index is 2.08. The fraction of sp³-hybridized carbons (Fsp3) is 0.450. The van der Waals surface area contributed by atoms with E-state index < -0.39 is 17.8 Å². The number of nitrogens with zero attached hydrogens (tertiary/aromatic N) is 2. The van der Waals surface area contributed by atoms with E-state index in [-0.39, 0.29) is 29.3 Å². The summed E-state index contributed by atoms with van der Waals surface area (Å²) in [7, 11) is 0. The molecular formula is C20H23FN2O3S. The van der Waals surface area contributed by atoms with Gasteiger partial charge in [-0.3, -0.25) is 9.69 Å². The van der Waals surface area contributed by atoms with Crippen LogP contribution < -0.4 is 0 Å². The second kappa shape index (κ2) is 7.84. The molecule has 0 unspecified atom stereocenters. The van der Waals surface area contributed by atoms with Gasteiger partial charge in [0, 0.05) is 0 Å². The Morgan fingerprint density at radius 1 is 1.41 bits per heavy atom. The Kier molecular flexibility index (Phi) is 5.69. The lowest BCUT2D eigenvalue weighted by Gasteiger charge is -2.33. The van der Waals surface area contributed by atoms with Gasteiger partial charge in [-0.2, -0.15) is 0 Å². The van der Waals surface area contributed by atoms with Crippen molar-refractivity contribution in [2.75, 3.05) is 6.61 Å². The fourth-order valence-electron chi connectivity index (χ4n) is 3.16. The van der Waals surface area contributed by atoms with E-state index in [1.165, 1.54) is 28.8 Å². The molecule has 0 aliphatic carbocycles. The summed E-state index contributed by atoms with van der Waals surface area (Å²) in [5, 5.41) is 0.303. The molecule has 0 bridgehead atoms. The average molecular weight is 390 g/mol. The van der Waals surface area contributed by atoms with Crippen LogP contribution >= 0.6 is 11.8 Å². The Hall–Kier alpha value is -2.15. The molecule has 5 nitrogen and oxygen atoms in total. The maximum absolute atomic E-state index is 13.9. The van der Waals surface area contributed by atoms with Crippen molar-refractivity contribution in [2.24, 2.45) is 10.9 Å². The topological polar surface area (TPSA) is 59.0 Å². The van der Waals surface area contributed by atoms with Crippen LogP contribution in [0.15, 0.2) is 40.5 Å². The third-order valence-electron chi connectivity index (χ3n) is 4.45. The van der Waals surface area contributed by atoms with Gasteiger partial charge in [-0.25, -0.2) is 14.2 Å². The van der Waals surface area contributed by atoms with Crippen molar-refractivity contribution in [1.29, 1.82) is 0 Å². The van der Waals surface area contributed by atoms with Gasteiger partial charge in [-0.15, -0.1) is 0 Å². The maximum atomic E-state index is 13.9. The highest BCUT2D eigenvalue weighted by Crippen LogP contribution is 2.44. The SMILES string of the molecule is CC[C@H]1SC2=NC(C)=C(C(=O)OCC(C)C)[C@@H](c3cccc(F)c3)N2C1=O. The number of amides is 1. The Bertz CT molecular complexity index is 834. The minimum atomic E-state index is -0.732. The van der Waals surface area contributed by atoms with Crippen LogP contribution in [0.3, 0.4) is 0 Å². The van der Waals surface area contributed by atoms with Gasteiger partial charge >= 0.3 is 5.97 Å². The van der Waals surface area contributed by atoms with Crippen LogP contribution in [-0.2, 0) is 14.3 Å². The molecule has 0 N–H and O–H groups in total. The number of rotatable bonds is 5. The number of carbonyl (C=O) groups excluding carboxylic acids is 2. The van der Waals surface area contributed by atoms with Gasteiger partial charge in [-0.1, -0.05) is 44.7 Å². The number of halogens is 1. The third-order valence-corrected chi connectivity index (χ3v) is 5.77. The van der Waals surface area contributed by atoms with Crippen LogP contribution in [0.2, 0.25) is 0 Å². The summed E-state index contributed by atoms with van der Waals surface area (Å²) in [6, 6.07) is 5.26. The molecule has 0 radical (unpaired) electrons. The predicted octanol–water partition coefficient (Wildman–Crippen LogP) is 4.06. The number of esters is 1. The maximum Gasteiger partial charge on any atom is 0.338 e. The predicted molar refractivity (Wildman–Crippen MR) is 104 cm³/mol. The van der Waals surface area contributed by atoms with Gasteiger partial charge in [0.05, 0.1) is 29.2 Å². The van der Waals surface area contributed by atoms with Gasteiger partial charge in [0.2, 0.25) is 5.91 Å². The molecule has 0 saturated carbocycles. The van der Waals surface area contributed by atoms with E-state index in [2.05, 4.69) is 4.99 Å². The number of hydrogen-bond acceptors (Lipinski definition) is 5. The first-order chi connectivity index (χ1) is 12.8. The van der Waals surface area contributed by atoms with Crippen LogP contribution in [0, 0.1) is 11.7 Å². The molecule has 3 rings (SSSR count). The number of hydrogen-bond donors (Lipinski definition) is 0. The molecular weight excluding hydrogens is 367 g/mol. The lowest BCUT2D eigenvalue weighted by Crippen LogP contribution is -2.41. The highest BCUT2D eigenvalue weighted by molar-refractivity contribution is 8.15. The molecule has 0 spiro atoms. The fourth-order valence-corrected chi connectivity index (χ4v) is 4.30. The number of thioether (sulfide) groups is 1. The molecule has 2 aliphatic rings. The standard InChI is InChI=1S/C20H23FN2O3S/c1-5-15-18(24)23-17(13-7-6-8-14(21)9-13)16(12(4)22-20(23)27-15)19(25)26-10-11(2)3/h6-9,11,15,17H,5,10H2,1-4H3/t15-,17-/m1/s1. The minimum Gasteiger partial charge on any atom is -0.462 e. The molecule has 2 atom stereocenters. The second-order valence-electron chi connectivity index (χ2n) is 7.07. The van der Waals surface area contributed by atoms with Crippen molar-refractivity contribution in [3.63, 3.8) is 0 Å². The Labute approximate surface area is 162 Å². The Morgan fingerprint density at radius 3 is 2.78 bits per heavy atom. The number of amidine groups is 1. The number of carbonyl (C=O) groups is 2. The summed E-state index contributed by atoms with van der Waals surface area (Å²) in [6.07, 6.45) is 0.654. The highest BCUT2D eigenvalue weighted by Gasteiger charge is 2.47. The summed E-state index contributed by atoms with van der Waals surface area (Å²) in [5.74, 6) is -0.873. The zero-order valence-electron chi connectivity index (χ0n) is 15.9. The average Bonchev–Trinajstić information content (AvgIpc) is 2.93. The van der Waals surface area contributed by atoms with E-state index in [9.17, 15) is 14.0 Å². The van der Waals surface area contributed by atoms with Crippen molar-refractivity contribution in [3.05, 3.63) is 46.9 Å². The normalized spacial score (nSPS) is 22.2. The lowest BCUT2D eigenvalue weighted by molar-refractivity contribution is -0.141. The first-order valence-electron chi connectivity index (χ1n) is 9.05. The highest BCUT2D eigenvalue weighted by atomic mass is 32.2. The van der Waals surface area contributed by atoms with Crippen LogP contribution in [0.4, 0.5) is 4.39 Å². The second-order valence-corrected chi connectivity index (χ2v) is 8.24. The molecule has 1 aromatic rings. The summed E-state index contributed by atoms with van der Waals surface area (Å²) in [5.41, 5.74) is 1.32. The van der Waals surface area contributed by atoms with Crippen molar-refractivity contribution in [2.45, 2.75) is 45.4 Å². The monoisotopic (exact) mass is 390 g/mol. The van der Waals surface area contributed by atoms with Gasteiger partial charge in [0.15, 0.2) is 5.17 Å². The van der Waals surface area contributed by atoms with Crippen molar-refractivity contribution in [3.8, 4) is 0 Å². The van der Waals surface area contributed by atoms with Crippen LogP contribution in [0.25, 0.3) is 0 Å². The van der Waals surface area contributed by atoms with E-state index in [0.29, 0.717) is 22.8 Å². The van der Waals surface area contributed by atoms with Crippen LogP contribution in [0.1, 0.15) is 45.7 Å². The smallest absolute Gasteiger partial charge is 0.338 e. The number of benzene rings is 1. The number of allylic oxidation sites excluding steroid dienone is 1.